The number of aromatic hydroxyl groups is 1. The molecule has 1 amide bonds. The number of carbonyl (C=O) groups excluding carboxylic acids is 1. The molecule has 2 aromatic rings. The van der Waals surface area contributed by atoms with E-state index < -0.39 is 34.7 Å². The van der Waals surface area contributed by atoms with Crippen LogP contribution in [-0.2, 0) is 11.3 Å². The SMILES string of the molecule is O=C(NCCC(O)C(O)c1ccc([N+](=O)[O-])c(O)c1)OCc1ccccc1. The zero-order valence-electron chi connectivity index (χ0n) is 14.3. The minimum Gasteiger partial charge on any atom is -0.502 e. The summed E-state index contributed by atoms with van der Waals surface area (Å²) in [5.74, 6) is -0.605. The molecule has 0 fully saturated rings. The fraction of sp³-hybridized carbons (Fsp3) is 0.278. The first-order valence-electron chi connectivity index (χ1n) is 8.16. The molecule has 0 saturated carbocycles. The van der Waals surface area contributed by atoms with Gasteiger partial charge in [-0.1, -0.05) is 30.3 Å². The highest BCUT2D eigenvalue weighted by Crippen LogP contribution is 2.30. The second kappa shape index (κ2) is 9.51. The van der Waals surface area contributed by atoms with Crippen molar-refractivity contribution in [1.29, 1.82) is 0 Å². The highest BCUT2D eigenvalue weighted by molar-refractivity contribution is 5.67. The number of nitro groups is 1. The van der Waals surface area contributed by atoms with Crippen LogP contribution in [0.3, 0.4) is 0 Å². The molecule has 27 heavy (non-hydrogen) atoms. The molecule has 9 heteroatoms. The number of alkyl carbamates (subject to hydrolysis) is 1. The second-order valence-corrected chi connectivity index (χ2v) is 5.79. The quantitative estimate of drug-likeness (QED) is 0.408. The second-order valence-electron chi connectivity index (χ2n) is 5.79. The first-order valence-corrected chi connectivity index (χ1v) is 8.16. The van der Waals surface area contributed by atoms with Crippen LogP contribution in [0.4, 0.5) is 10.5 Å². The zero-order valence-corrected chi connectivity index (χ0v) is 14.3. The predicted octanol–water partition coefficient (Wildman–Crippen LogP) is 2.01. The van der Waals surface area contributed by atoms with Crippen molar-refractivity contribution < 1.29 is 29.8 Å². The van der Waals surface area contributed by atoms with Crippen LogP contribution in [0.25, 0.3) is 0 Å². The van der Waals surface area contributed by atoms with E-state index in [2.05, 4.69) is 5.32 Å². The average molecular weight is 376 g/mol. The van der Waals surface area contributed by atoms with Crippen molar-refractivity contribution >= 4 is 11.8 Å². The highest BCUT2D eigenvalue weighted by atomic mass is 16.6. The van der Waals surface area contributed by atoms with E-state index in [-0.39, 0.29) is 25.1 Å². The standard InChI is InChI=1S/C18H20N2O7/c21-15(17(23)13-6-7-14(20(25)26)16(22)10-13)8-9-19-18(24)27-11-12-4-2-1-3-5-12/h1-7,10,15,17,21-23H,8-9,11H2,(H,19,24). The number of amides is 1. The van der Waals surface area contributed by atoms with Crippen LogP contribution in [0.5, 0.6) is 5.75 Å². The van der Waals surface area contributed by atoms with Crippen LogP contribution < -0.4 is 5.32 Å². The van der Waals surface area contributed by atoms with Gasteiger partial charge in [0.1, 0.15) is 12.7 Å². The molecule has 0 aliphatic carbocycles. The molecule has 0 spiro atoms. The van der Waals surface area contributed by atoms with Crippen molar-refractivity contribution in [2.45, 2.75) is 25.2 Å². The third kappa shape index (κ3) is 5.94. The van der Waals surface area contributed by atoms with E-state index in [9.17, 15) is 30.2 Å². The summed E-state index contributed by atoms with van der Waals surface area (Å²) >= 11 is 0. The van der Waals surface area contributed by atoms with Crippen molar-refractivity contribution in [1.82, 2.24) is 5.32 Å². The lowest BCUT2D eigenvalue weighted by atomic mass is 10.0. The molecule has 2 aromatic carbocycles. The number of nitrogens with one attached hydrogen (secondary N) is 1. The molecule has 9 nitrogen and oxygen atoms in total. The maximum atomic E-state index is 11.6. The molecule has 144 valence electrons. The van der Waals surface area contributed by atoms with Gasteiger partial charge in [-0.15, -0.1) is 0 Å². The number of rotatable bonds is 8. The summed E-state index contributed by atoms with van der Waals surface area (Å²) in [4.78, 5) is 21.5. The monoisotopic (exact) mass is 376 g/mol. The molecule has 0 saturated heterocycles. The number of hydrogen-bond acceptors (Lipinski definition) is 7. The number of aliphatic hydroxyl groups is 2. The first kappa shape index (κ1) is 20.1. The van der Waals surface area contributed by atoms with Crippen LogP contribution in [-0.4, -0.2) is 39.0 Å². The molecule has 4 N–H and O–H groups in total. The van der Waals surface area contributed by atoms with E-state index in [4.69, 9.17) is 4.74 Å². The van der Waals surface area contributed by atoms with Crippen LogP contribution >= 0.6 is 0 Å². The predicted molar refractivity (Wildman–Crippen MR) is 95.0 cm³/mol. The Hall–Kier alpha value is -3.17. The molecule has 0 aliphatic heterocycles. The normalized spacial score (nSPS) is 12.8. The van der Waals surface area contributed by atoms with E-state index in [1.165, 1.54) is 6.07 Å². The van der Waals surface area contributed by atoms with Gasteiger partial charge >= 0.3 is 11.8 Å². The third-order valence-corrected chi connectivity index (χ3v) is 3.82. The summed E-state index contributed by atoms with van der Waals surface area (Å²) < 4.78 is 5.02. The van der Waals surface area contributed by atoms with Gasteiger partial charge in [-0.25, -0.2) is 4.79 Å². The Balaban J connectivity index is 1.77. The van der Waals surface area contributed by atoms with Gasteiger partial charge in [-0.05, 0) is 29.7 Å². The summed E-state index contributed by atoms with van der Waals surface area (Å²) in [7, 11) is 0. The minimum atomic E-state index is -1.38. The van der Waals surface area contributed by atoms with Gasteiger partial charge in [-0.3, -0.25) is 10.1 Å². The number of benzene rings is 2. The largest absolute Gasteiger partial charge is 0.502 e. The first-order chi connectivity index (χ1) is 12.9. The molecule has 0 aromatic heterocycles. The van der Waals surface area contributed by atoms with Gasteiger partial charge in [0.15, 0.2) is 5.75 Å². The molecule has 2 atom stereocenters. The smallest absolute Gasteiger partial charge is 0.407 e. The number of nitrogens with zero attached hydrogens (tertiary/aromatic N) is 1. The summed E-state index contributed by atoms with van der Waals surface area (Å²) in [5.41, 5.74) is 0.460. The van der Waals surface area contributed by atoms with Crippen molar-refractivity contribution in [3.05, 3.63) is 69.8 Å². The summed E-state index contributed by atoms with van der Waals surface area (Å²) in [5, 5.41) is 42.8. The third-order valence-electron chi connectivity index (χ3n) is 3.82. The van der Waals surface area contributed by atoms with Crippen LogP contribution in [0.1, 0.15) is 23.7 Å². The van der Waals surface area contributed by atoms with Gasteiger partial charge in [0.05, 0.1) is 11.0 Å². The van der Waals surface area contributed by atoms with Crippen LogP contribution in [0.15, 0.2) is 48.5 Å². The molecule has 0 heterocycles. The molecule has 2 rings (SSSR count). The van der Waals surface area contributed by atoms with Crippen LogP contribution in [0, 0.1) is 10.1 Å². The Kier molecular flexibility index (Phi) is 7.09. The lowest BCUT2D eigenvalue weighted by molar-refractivity contribution is -0.385. The zero-order chi connectivity index (χ0) is 19.8. The van der Waals surface area contributed by atoms with Gasteiger partial charge in [0.2, 0.25) is 0 Å². The maximum absolute atomic E-state index is 11.6. The van der Waals surface area contributed by atoms with E-state index in [0.717, 1.165) is 17.7 Å². The van der Waals surface area contributed by atoms with Gasteiger partial charge in [-0.2, -0.15) is 0 Å². The van der Waals surface area contributed by atoms with Gasteiger partial charge in [0, 0.05) is 12.6 Å². The molecular formula is C18H20N2O7. The van der Waals surface area contributed by atoms with E-state index in [0.29, 0.717) is 0 Å². The van der Waals surface area contributed by atoms with E-state index in [1.54, 1.807) is 0 Å². The number of hydrogen-bond donors (Lipinski definition) is 4. The Labute approximate surface area is 155 Å². The van der Waals surface area contributed by atoms with Gasteiger partial charge < -0.3 is 25.4 Å². The van der Waals surface area contributed by atoms with Crippen molar-refractivity contribution in [3.63, 3.8) is 0 Å². The van der Waals surface area contributed by atoms with Crippen molar-refractivity contribution in [2.75, 3.05) is 6.54 Å². The maximum Gasteiger partial charge on any atom is 0.407 e. The molecule has 2 unspecified atom stereocenters. The molecule has 0 aliphatic rings. The van der Waals surface area contributed by atoms with Gasteiger partial charge in [0.25, 0.3) is 0 Å². The summed E-state index contributed by atoms with van der Waals surface area (Å²) in [6.07, 6.45) is -3.27. The number of ether oxygens (including phenoxy) is 1. The number of aliphatic hydroxyl groups excluding tert-OH is 2. The summed E-state index contributed by atoms with van der Waals surface area (Å²) in [6, 6.07) is 12.4. The molecule has 0 bridgehead atoms. The lowest BCUT2D eigenvalue weighted by Crippen LogP contribution is -2.29. The fourth-order valence-electron chi connectivity index (χ4n) is 2.36. The van der Waals surface area contributed by atoms with Crippen molar-refractivity contribution in [2.24, 2.45) is 0 Å². The Morgan fingerprint density at radius 1 is 1.19 bits per heavy atom. The number of phenols is 1. The molecular weight excluding hydrogens is 356 g/mol. The topological polar surface area (TPSA) is 142 Å². The summed E-state index contributed by atoms with van der Waals surface area (Å²) in [6.45, 7) is 0.157. The Morgan fingerprint density at radius 2 is 1.89 bits per heavy atom. The number of nitro benzene ring substituents is 1. The highest BCUT2D eigenvalue weighted by Gasteiger charge is 2.22. The van der Waals surface area contributed by atoms with Crippen LogP contribution in [0.2, 0.25) is 0 Å². The average Bonchev–Trinajstić information content (AvgIpc) is 2.66. The minimum absolute atomic E-state index is 0.0132. The van der Waals surface area contributed by atoms with Crippen molar-refractivity contribution in [3.8, 4) is 5.75 Å². The fourth-order valence-corrected chi connectivity index (χ4v) is 2.36. The molecule has 0 radical (unpaired) electrons. The lowest BCUT2D eigenvalue weighted by Gasteiger charge is -2.18. The number of phenolic OH excluding ortho intramolecular Hbond substituents is 1. The number of carbonyl (C=O) groups is 1. The van der Waals surface area contributed by atoms with E-state index in [1.807, 2.05) is 30.3 Å². The Bertz CT molecular complexity index is 783. The Morgan fingerprint density at radius 3 is 2.52 bits per heavy atom. The van der Waals surface area contributed by atoms with E-state index >= 15 is 0 Å².